The summed E-state index contributed by atoms with van der Waals surface area (Å²) in [7, 11) is 1.89. The molecule has 0 spiro atoms. The highest BCUT2D eigenvalue weighted by molar-refractivity contribution is 8.00. The third-order valence-corrected chi connectivity index (χ3v) is 3.61. The average Bonchev–Trinajstić information content (AvgIpc) is 2.29. The molecule has 0 atom stereocenters. The van der Waals surface area contributed by atoms with E-state index >= 15 is 0 Å². The fourth-order valence-corrected chi connectivity index (χ4v) is 2.48. The molecule has 5 heteroatoms. The van der Waals surface area contributed by atoms with Gasteiger partial charge in [-0.15, -0.1) is 11.8 Å². The first-order valence-electron chi connectivity index (χ1n) is 5.50. The number of halogens is 1. The highest BCUT2D eigenvalue weighted by atomic mass is 35.5. The molecular weight excluding hydrogens is 256 g/mol. The molecule has 1 aromatic rings. The van der Waals surface area contributed by atoms with Gasteiger partial charge in [0.25, 0.3) is 0 Å². The molecule has 0 aromatic heterocycles. The zero-order valence-corrected chi connectivity index (χ0v) is 11.6. The number of benzene rings is 1. The van der Waals surface area contributed by atoms with E-state index in [0.29, 0.717) is 17.3 Å². The van der Waals surface area contributed by atoms with Crippen molar-refractivity contribution in [1.29, 1.82) is 0 Å². The Kier molecular flexibility index (Phi) is 6.40. The van der Waals surface area contributed by atoms with Crippen molar-refractivity contribution in [2.24, 2.45) is 0 Å². The number of rotatable bonds is 6. The van der Waals surface area contributed by atoms with Crippen LogP contribution in [0.3, 0.4) is 0 Å². The van der Waals surface area contributed by atoms with Gasteiger partial charge in [-0.2, -0.15) is 0 Å². The summed E-state index contributed by atoms with van der Waals surface area (Å²) < 4.78 is 0. The number of carbonyl (C=O) groups excluding carboxylic acids is 1. The minimum Gasteiger partial charge on any atom is -0.356 e. The second-order valence-electron chi connectivity index (χ2n) is 3.54. The Morgan fingerprint density at radius 1 is 1.47 bits per heavy atom. The van der Waals surface area contributed by atoms with E-state index in [0.717, 1.165) is 17.0 Å². The maximum atomic E-state index is 11.3. The first-order valence-corrected chi connectivity index (χ1v) is 6.86. The average molecular weight is 273 g/mol. The Morgan fingerprint density at radius 2 is 2.24 bits per heavy atom. The van der Waals surface area contributed by atoms with E-state index in [1.165, 1.54) is 11.8 Å². The Morgan fingerprint density at radius 3 is 2.82 bits per heavy atom. The lowest BCUT2D eigenvalue weighted by molar-refractivity contribution is -0.118. The highest BCUT2D eigenvalue weighted by Gasteiger charge is 2.05. The van der Waals surface area contributed by atoms with Crippen molar-refractivity contribution < 1.29 is 4.79 Å². The lowest BCUT2D eigenvalue weighted by Crippen LogP contribution is -2.24. The van der Waals surface area contributed by atoms with Crippen LogP contribution in [-0.2, 0) is 11.3 Å². The van der Waals surface area contributed by atoms with Crippen LogP contribution in [-0.4, -0.2) is 25.3 Å². The van der Waals surface area contributed by atoms with E-state index in [1.807, 2.05) is 32.2 Å². The number of amides is 1. The van der Waals surface area contributed by atoms with Gasteiger partial charge in [-0.25, -0.2) is 0 Å². The molecule has 2 N–H and O–H groups in total. The summed E-state index contributed by atoms with van der Waals surface area (Å²) in [4.78, 5) is 12.3. The minimum absolute atomic E-state index is 0.0351. The molecule has 0 bridgehead atoms. The number of hydrogen-bond donors (Lipinski definition) is 2. The molecule has 1 rings (SSSR count). The van der Waals surface area contributed by atoms with Gasteiger partial charge >= 0.3 is 0 Å². The van der Waals surface area contributed by atoms with Gasteiger partial charge in [-0.3, -0.25) is 4.79 Å². The van der Waals surface area contributed by atoms with E-state index in [-0.39, 0.29) is 5.91 Å². The molecule has 0 radical (unpaired) electrons. The lowest BCUT2D eigenvalue weighted by Gasteiger charge is -2.07. The smallest absolute Gasteiger partial charge is 0.230 e. The van der Waals surface area contributed by atoms with Crippen LogP contribution in [0.4, 0.5) is 0 Å². The molecule has 0 aliphatic heterocycles. The Labute approximate surface area is 111 Å². The molecule has 1 amide bonds. The van der Waals surface area contributed by atoms with E-state index in [2.05, 4.69) is 10.6 Å². The number of nitrogens with one attached hydrogen (secondary N) is 2. The van der Waals surface area contributed by atoms with Gasteiger partial charge in [0.1, 0.15) is 0 Å². The predicted molar refractivity (Wildman–Crippen MR) is 73.6 cm³/mol. The van der Waals surface area contributed by atoms with E-state index < -0.39 is 0 Å². The largest absolute Gasteiger partial charge is 0.356 e. The van der Waals surface area contributed by atoms with Crippen molar-refractivity contribution in [3.63, 3.8) is 0 Å². The zero-order valence-electron chi connectivity index (χ0n) is 10.0. The number of hydrogen-bond acceptors (Lipinski definition) is 3. The summed E-state index contributed by atoms with van der Waals surface area (Å²) in [6.45, 7) is 3.36. The second-order valence-corrected chi connectivity index (χ2v) is 4.96. The fourth-order valence-electron chi connectivity index (χ4n) is 1.37. The van der Waals surface area contributed by atoms with Crippen LogP contribution in [0.2, 0.25) is 5.02 Å². The summed E-state index contributed by atoms with van der Waals surface area (Å²) in [6, 6.07) is 5.90. The van der Waals surface area contributed by atoms with Gasteiger partial charge in [-0.05, 0) is 31.7 Å². The standard InChI is InChI=1S/C12H17ClN2OS/c1-3-15-12(16)8-17-11-5-4-9(7-14-2)6-10(11)13/h4-6,14H,3,7-8H2,1-2H3,(H,15,16). The zero-order chi connectivity index (χ0) is 12.7. The molecule has 0 fully saturated rings. The van der Waals surface area contributed by atoms with Crippen molar-refractivity contribution in [3.8, 4) is 0 Å². The molecule has 0 heterocycles. The van der Waals surface area contributed by atoms with Crippen LogP contribution < -0.4 is 10.6 Å². The molecule has 94 valence electrons. The first-order chi connectivity index (χ1) is 8.17. The number of carbonyl (C=O) groups is 1. The Hall–Kier alpha value is -0.710. The van der Waals surface area contributed by atoms with Crippen LogP contribution in [0.25, 0.3) is 0 Å². The van der Waals surface area contributed by atoms with Crippen LogP contribution in [0, 0.1) is 0 Å². The maximum Gasteiger partial charge on any atom is 0.230 e. The summed E-state index contributed by atoms with van der Waals surface area (Å²) in [5.41, 5.74) is 1.14. The minimum atomic E-state index is 0.0351. The molecule has 0 aliphatic rings. The third kappa shape index (κ3) is 4.98. The van der Waals surface area contributed by atoms with Gasteiger partial charge in [-0.1, -0.05) is 17.7 Å². The lowest BCUT2D eigenvalue weighted by atomic mass is 10.2. The SMILES string of the molecule is CCNC(=O)CSc1ccc(CNC)cc1Cl. The van der Waals surface area contributed by atoms with Gasteiger partial charge < -0.3 is 10.6 Å². The van der Waals surface area contributed by atoms with E-state index in [4.69, 9.17) is 11.6 Å². The van der Waals surface area contributed by atoms with Crippen LogP contribution in [0.15, 0.2) is 23.1 Å². The van der Waals surface area contributed by atoms with E-state index in [9.17, 15) is 4.79 Å². The quantitative estimate of drug-likeness (QED) is 0.781. The van der Waals surface area contributed by atoms with Crippen molar-refractivity contribution in [3.05, 3.63) is 28.8 Å². The normalized spacial score (nSPS) is 10.3. The molecule has 3 nitrogen and oxygen atoms in total. The Balaban J connectivity index is 2.57. The van der Waals surface area contributed by atoms with Crippen LogP contribution in [0.5, 0.6) is 0 Å². The van der Waals surface area contributed by atoms with E-state index in [1.54, 1.807) is 0 Å². The molecule has 17 heavy (non-hydrogen) atoms. The molecule has 0 unspecified atom stereocenters. The summed E-state index contributed by atoms with van der Waals surface area (Å²) in [5.74, 6) is 0.437. The Bertz CT molecular complexity index is 385. The maximum absolute atomic E-state index is 11.3. The van der Waals surface area contributed by atoms with Crippen molar-refractivity contribution in [1.82, 2.24) is 10.6 Å². The molecule has 0 saturated carbocycles. The van der Waals surface area contributed by atoms with Gasteiger partial charge in [0.2, 0.25) is 5.91 Å². The third-order valence-electron chi connectivity index (χ3n) is 2.11. The molecule has 0 aliphatic carbocycles. The summed E-state index contributed by atoms with van der Waals surface area (Å²) in [5, 5.41) is 6.52. The van der Waals surface area contributed by atoms with Crippen molar-refractivity contribution in [2.75, 3.05) is 19.3 Å². The molecular formula is C12H17ClN2OS. The molecule has 0 saturated heterocycles. The first kappa shape index (κ1) is 14.4. The summed E-state index contributed by atoms with van der Waals surface area (Å²) in [6.07, 6.45) is 0. The van der Waals surface area contributed by atoms with Gasteiger partial charge in [0, 0.05) is 18.0 Å². The van der Waals surface area contributed by atoms with Crippen LogP contribution >= 0.6 is 23.4 Å². The second kappa shape index (κ2) is 7.58. The van der Waals surface area contributed by atoms with Crippen molar-refractivity contribution in [2.45, 2.75) is 18.4 Å². The van der Waals surface area contributed by atoms with Crippen molar-refractivity contribution >= 4 is 29.3 Å². The topological polar surface area (TPSA) is 41.1 Å². The predicted octanol–water partition coefficient (Wildman–Crippen LogP) is 2.29. The number of thioether (sulfide) groups is 1. The monoisotopic (exact) mass is 272 g/mol. The van der Waals surface area contributed by atoms with Gasteiger partial charge in [0.05, 0.1) is 10.8 Å². The highest BCUT2D eigenvalue weighted by Crippen LogP contribution is 2.27. The van der Waals surface area contributed by atoms with Crippen LogP contribution in [0.1, 0.15) is 12.5 Å². The fraction of sp³-hybridized carbons (Fsp3) is 0.417. The van der Waals surface area contributed by atoms with Gasteiger partial charge in [0.15, 0.2) is 0 Å². The summed E-state index contributed by atoms with van der Waals surface area (Å²) >= 11 is 7.60. The molecule has 1 aromatic carbocycles.